The highest BCUT2D eigenvalue weighted by Crippen LogP contribution is 2.57. The predicted octanol–water partition coefficient (Wildman–Crippen LogP) is 4.00. The van der Waals surface area contributed by atoms with Gasteiger partial charge in [0.1, 0.15) is 0 Å². The molecule has 3 unspecified atom stereocenters. The van der Waals surface area contributed by atoms with Crippen LogP contribution in [-0.4, -0.2) is 25.3 Å². The molecule has 0 radical (unpaired) electrons. The molecule has 0 heterocycles. The van der Waals surface area contributed by atoms with E-state index < -0.39 is 0 Å². The van der Waals surface area contributed by atoms with Gasteiger partial charge in [0.2, 0.25) is 0 Å². The van der Waals surface area contributed by atoms with E-state index in [0.717, 1.165) is 18.4 Å². The molecule has 0 saturated heterocycles. The molecule has 1 N–H and O–H groups in total. The Balaban J connectivity index is 1.88. The molecule has 2 bridgehead atoms. The Bertz CT molecular complexity index is 283. The number of fused-ring (bicyclic) bond motifs is 2. The van der Waals surface area contributed by atoms with Gasteiger partial charge in [0, 0.05) is 13.2 Å². The maximum absolute atomic E-state index is 6.00. The highest BCUT2D eigenvalue weighted by molar-refractivity contribution is 5.01. The molecule has 0 aliphatic heterocycles. The zero-order valence-corrected chi connectivity index (χ0v) is 13.4. The first kappa shape index (κ1) is 15.3. The fourth-order valence-corrected chi connectivity index (χ4v) is 4.24. The molecule has 2 aliphatic rings. The fraction of sp³-hybridized carbons (Fsp3) is 1.00. The van der Waals surface area contributed by atoms with Crippen LogP contribution in [0.3, 0.4) is 0 Å². The molecule has 0 amide bonds. The third-order valence-corrected chi connectivity index (χ3v) is 5.14. The van der Waals surface area contributed by atoms with Gasteiger partial charge in [0.15, 0.2) is 0 Å². The van der Waals surface area contributed by atoms with Crippen molar-refractivity contribution in [3.8, 4) is 0 Å². The van der Waals surface area contributed by atoms with Crippen molar-refractivity contribution < 1.29 is 4.74 Å². The smallest absolute Gasteiger partial charge is 0.0598 e. The van der Waals surface area contributed by atoms with Gasteiger partial charge >= 0.3 is 0 Å². The Morgan fingerprint density at radius 1 is 1.26 bits per heavy atom. The second-order valence-corrected chi connectivity index (χ2v) is 7.83. The molecule has 0 spiro atoms. The van der Waals surface area contributed by atoms with E-state index in [9.17, 15) is 0 Å². The van der Waals surface area contributed by atoms with Crippen molar-refractivity contribution in [1.29, 1.82) is 0 Å². The van der Waals surface area contributed by atoms with Gasteiger partial charge < -0.3 is 10.1 Å². The van der Waals surface area contributed by atoms with Crippen LogP contribution >= 0.6 is 0 Å². The Hall–Kier alpha value is -0.0800. The monoisotopic (exact) mass is 267 g/mol. The summed E-state index contributed by atoms with van der Waals surface area (Å²) in [5, 5.41) is 3.69. The van der Waals surface area contributed by atoms with Crippen LogP contribution in [0.25, 0.3) is 0 Å². The van der Waals surface area contributed by atoms with Crippen LogP contribution in [0.4, 0.5) is 0 Å². The van der Waals surface area contributed by atoms with Crippen molar-refractivity contribution in [1.82, 2.24) is 5.32 Å². The van der Waals surface area contributed by atoms with Crippen molar-refractivity contribution in [2.75, 3.05) is 19.7 Å². The second-order valence-electron chi connectivity index (χ2n) is 7.83. The molecule has 2 aliphatic carbocycles. The van der Waals surface area contributed by atoms with Crippen LogP contribution in [0, 0.1) is 17.3 Å². The average molecular weight is 267 g/mol. The summed E-state index contributed by atoms with van der Waals surface area (Å²) in [6, 6.07) is 0. The number of hydrogen-bond donors (Lipinski definition) is 1. The summed E-state index contributed by atoms with van der Waals surface area (Å²) in [4.78, 5) is 0. The molecular weight excluding hydrogens is 234 g/mol. The molecule has 2 heteroatoms. The lowest BCUT2D eigenvalue weighted by atomic mass is 9.71. The van der Waals surface area contributed by atoms with Crippen LogP contribution in [0.15, 0.2) is 0 Å². The summed E-state index contributed by atoms with van der Waals surface area (Å²) in [6.07, 6.45) is 8.38. The van der Waals surface area contributed by atoms with Gasteiger partial charge in [0.25, 0.3) is 0 Å². The van der Waals surface area contributed by atoms with E-state index in [1.54, 1.807) is 0 Å². The van der Waals surface area contributed by atoms with Crippen LogP contribution in [0.2, 0.25) is 0 Å². The van der Waals surface area contributed by atoms with E-state index in [0.29, 0.717) is 5.41 Å². The summed E-state index contributed by atoms with van der Waals surface area (Å²) in [5.41, 5.74) is 0.555. The second kappa shape index (κ2) is 6.13. The minimum atomic E-state index is 0.00958. The van der Waals surface area contributed by atoms with Gasteiger partial charge in [-0.2, -0.15) is 0 Å². The minimum absolute atomic E-state index is 0.00958. The van der Waals surface area contributed by atoms with Crippen molar-refractivity contribution in [2.45, 2.75) is 71.8 Å². The lowest BCUT2D eigenvalue weighted by molar-refractivity contribution is -0.0267. The van der Waals surface area contributed by atoms with Crippen molar-refractivity contribution in [3.05, 3.63) is 0 Å². The molecule has 2 nitrogen and oxygen atoms in total. The summed E-state index contributed by atoms with van der Waals surface area (Å²) in [5.74, 6) is 1.98. The van der Waals surface area contributed by atoms with Crippen LogP contribution in [0.5, 0.6) is 0 Å². The molecule has 112 valence electrons. The fourth-order valence-electron chi connectivity index (χ4n) is 4.24. The van der Waals surface area contributed by atoms with Crippen LogP contribution < -0.4 is 5.32 Å². The van der Waals surface area contributed by atoms with Gasteiger partial charge in [-0.25, -0.2) is 0 Å². The SMILES string of the molecule is CCCNCC1(CCOC(C)(C)C)CC2CCC1C2. The predicted molar refractivity (Wildman–Crippen MR) is 81.4 cm³/mol. The quantitative estimate of drug-likeness (QED) is 0.704. The summed E-state index contributed by atoms with van der Waals surface area (Å²) < 4.78 is 6.00. The molecule has 0 aromatic heterocycles. The van der Waals surface area contributed by atoms with E-state index >= 15 is 0 Å². The first-order chi connectivity index (χ1) is 8.95. The maximum Gasteiger partial charge on any atom is 0.0598 e. The van der Waals surface area contributed by atoms with Crippen molar-refractivity contribution in [3.63, 3.8) is 0 Å². The molecule has 2 rings (SSSR count). The van der Waals surface area contributed by atoms with Crippen molar-refractivity contribution in [2.24, 2.45) is 17.3 Å². The van der Waals surface area contributed by atoms with Gasteiger partial charge in [-0.05, 0) is 76.7 Å². The van der Waals surface area contributed by atoms with E-state index in [1.165, 1.54) is 51.6 Å². The van der Waals surface area contributed by atoms with E-state index in [4.69, 9.17) is 4.74 Å². The molecule has 0 aromatic rings. The van der Waals surface area contributed by atoms with Crippen molar-refractivity contribution >= 4 is 0 Å². The van der Waals surface area contributed by atoms with E-state index in [-0.39, 0.29) is 5.60 Å². The Labute approximate surface area is 119 Å². The molecule has 2 saturated carbocycles. The van der Waals surface area contributed by atoms with Gasteiger partial charge in [0.05, 0.1) is 5.60 Å². The highest BCUT2D eigenvalue weighted by atomic mass is 16.5. The van der Waals surface area contributed by atoms with E-state index in [2.05, 4.69) is 33.0 Å². The number of nitrogens with one attached hydrogen (secondary N) is 1. The largest absolute Gasteiger partial charge is 0.376 e. The van der Waals surface area contributed by atoms with E-state index in [1.807, 2.05) is 0 Å². The molecule has 2 fully saturated rings. The van der Waals surface area contributed by atoms with Crippen LogP contribution in [-0.2, 0) is 4.74 Å². The Kier molecular flexibility index (Phi) is 4.94. The number of ether oxygens (including phenoxy) is 1. The third-order valence-electron chi connectivity index (χ3n) is 5.14. The van der Waals surface area contributed by atoms with Gasteiger partial charge in [-0.1, -0.05) is 13.3 Å². The summed E-state index contributed by atoms with van der Waals surface area (Å²) in [7, 11) is 0. The topological polar surface area (TPSA) is 21.3 Å². The Morgan fingerprint density at radius 3 is 2.58 bits per heavy atom. The Morgan fingerprint density at radius 2 is 2.05 bits per heavy atom. The highest BCUT2D eigenvalue weighted by Gasteiger charge is 2.50. The molecule has 3 atom stereocenters. The van der Waals surface area contributed by atoms with Crippen LogP contribution in [0.1, 0.15) is 66.2 Å². The summed E-state index contributed by atoms with van der Waals surface area (Å²) in [6.45, 7) is 12.1. The molecule has 19 heavy (non-hydrogen) atoms. The average Bonchev–Trinajstić information content (AvgIpc) is 2.88. The summed E-state index contributed by atoms with van der Waals surface area (Å²) >= 11 is 0. The maximum atomic E-state index is 6.00. The molecule has 0 aromatic carbocycles. The third kappa shape index (κ3) is 3.95. The lowest BCUT2D eigenvalue weighted by Gasteiger charge is -2.39. The first-order valence-corrected chi connectivity index (χ1v) is 8.30. The number of rotatable bonds is 7. The van der Waals surface area contributed by atoms with Gasteiger partial charge in [-0.3, -0.25) is 0 Å². The standard InChI is InChI=1S/C17H33NO/c1-5-9-18-13-17(8-10-19-16(2,3)4)12-14-6-7-15(17)11-14/h14-15,18H,5-13H2,1-4H3. The first-order valence-electron chi connectivity index (χ1n) is 8.30. The lowest BCUT2D eigenvalue weighted by Crippen LogP contribution is -2.40. The minimum Gasteiger partial charge on any atom is -0.376 e. The zero-order valence-electron chi connectivity index (χ0n) is 13.4. The van der Waals surface area contributed by atoms with Gasteiger partial charge in [-0.15, -0.1) is 0 Å². The normalized spacial score (nSPS) is 34.1. The molecular formula is C17H33NO. The zero-order chi connectivity index (χ0) is 13.9. The number of hydrogen-bond acceptors (Lipinski definition) is 2.